The van der Waals surface area contributed by atoms with Crippen molar-refractivity contribution >= 4 is 23.0 Å². The van der Waals surface area contributed by atoms with E-state index in [2.05, 4.69) is 27.7 Å². The van der Waals surface area contributed by atoms with Gasteiger partial charge in [0.1, 0.15) is 5.82 Å². The van der Waals surface area contributed by atoms with E-state index in [1.807, 2.05) is 12.1 Å². The van der Waals surface area contributed by atoms with Gasteiger partial charge in [-0.1, -0.05) is 0 Å². The number of carbonyl (C=O) groups is 1. The molecule has 5 heteroatoms. The van der Waals surface area contributed by atoms with E-state index in [0.29, 0.717) is 5.69 Å². The number of hydrogen-bond acceptors (Lipinski definition) is 3. The third kappa shape index (κ3) is 4.22. The lowest BCUT2D eigenvalue weighted by atomic mass is 10.2. The van der Waals surface area contributed by atoms with Crippen LogP contribution >= 0.6 is 0 Å². The summed E-state index contributed by atoms with van der Waals surface area (Å²) in [6.45, 7) is 2.40. The average molecular weight is 313 g/mol. The zero-order valence-corrected chi connectivity index (χ0v) is 12.9. The fourth-order valence-electron chi connectivity index (χ4n) is 2.69. The van der Waals surface area contributed by atoms with E-state index in [4.69, 9.17) is 0 Å². The molecule has 0 radical (unpaired) electrons. The van der Waals surface area contributed by atoms with Crippen molar-refractivity contribution in [1.29, 1.82) is 0 Å². The first-order chi connectivity index (χ1) is 11.2. The van der Waals surface area contributed by atoms with E-state index in [9.17, 15) is 9.18 Å². The Hall–Kier alpha value is -2.56. The van der Waals surface area contributed by atoms with Crippen LogP contribution in [0.2, 0.25) is 0 Å². The normalized spacial score (nSPS) is 13.9. The predicted octanol–water partition coefficient (Wildman–Crippen LogP) is 3.48. The van der Waals surface area contributed by atoms with Gasteiger partial charge in [0.25, 0.3) is 0 Å². The number of hydrogen-bond donors (Lipinski definition) is 2. The Morgan fingerprint density at radius 2 is 1.57 bits per heavy atom. The van der Waals surface area contributed by atoms with E-state index < -0.39 is 0 Å². The van der Waals surface area contributed by atoms with Gasteiger partial charge in [-0.3, -0.25) is 4.79 Å². The monoisotopic (exact) mass is 313 g/mol. The summed E-state index contributed by atoms with van der Waals surface area (Å²) in [5.41, 5.74) is 2.72. The second kappa shape index (κ2) is 7.13. The van der Waals surface area contributed by atoms with Crippen LogP contribution in [0.25, 0.3) is 0 Å². The summed E-state index contributed by atoms with van der Waals surface area (Å²) < 4.78 is 12.8. The summed E-state index contributed by atoms with van der Waals surface area (Å²) in [5, 5.41) is 5.81. The van der Waals surface area contributed by atoms with Crippen molar-refractivity contribution in [3.05, 3.63) is 54.3 Å². The molecule has 2 aromatic rings. The number of rotatable bonds is 5. The molecule has 0 spiro atoms. The molecule has 0 aromatic heterocycles. The number of carbonyl (C=O) groups excluding carboxylic acids is 1. The van der Waals surface area contributed by atoms with E-state index in [1.54, 1.807) is 0 Å². The van der Waals surface area contributed by atoms with Crippen LogP contribution in [0.5, 0.6) is 0 Å². The minimum atomic E-state index is -0.320. The maximum atomic E-state index is 12.8. The summed E-state index contributed by atoms with van der Waals surface area (Å²) in [6, 6.07) is 13.8. The fraction of sp³-hybridized carbons (Fsp3) is 0.278. The Morgan fingerprint density at radius 1 is 0.957 bits per heavy atom. The van der Waals surface area contributed by atoms with E-state index in [1.165, 1.54) is 42.8 Å². The average Bonchev–Trinajstić information content (AvgIpc) is 3.10. The molecule has 2 N–H and O–H groups in total. The molecule has 1 heterocycles. The minimum absolute atomic E-state index is 0.166. The van der Waals surface area contributed by atoms with Crippen LogP contribution < -0.4 is 15.5 Å². The van der Waals surface area contributed by atoms with Gasteiger partial charge in [-0.05, 0) is 61.4 Å². The minimum Gasteiger partial charge on any atom is -0.376 e. The van der Waals surface area contributed by atoms with Crippen LogP contribution in [0, 0.1) is 5.82 Å². The van der Waals surface area contributed by atoms with Crippen LogP contribution in [0.15, 0.2) is 48.5 Å². The molecular formula is C18H20FN3O. The second-order valence-electron chi connectivity index (χ2n) is 5.65. The van der Waals surface area contributed by atoms with E-state index in [-0.39, 0.29) is 18.3 Å². The van der Waals surface area contributed by atoms with Crippen molar-refractivity contribution < 1.29 is 9.18 Å². The fourth-order valence-corrected chi connectivity index (χ4v) is 2.69. The van der Waals surface area contributed by atoms with Crippen LogP contribution in [-0.4, -0.2) is 25.5 Å². The van der Waals surface area contributed by atoms with Crippen LogP contribution in [0.3, 0.4) is 0 Å². The Labute approximate surface area is 135 Å². The lowest BCUT2D eigenvalue weighted by molar-refractivity contribution is -0.114. The molecule has 0 atom stereocenters. The molecule has 1 amide bonds. The SMILES string of the molecule is O=C(CNc1ccc(N2CCCC2)cc1)Nc1ccc(F)cc1. The summed E-state index contributed by atoms with van der Waals surface area (Å²) in [7, 11) is 0. The quantitative estimate of drug-likeness (QED) is 0.888. The van der Waals surface area contributed by atoms with Gasteiger partial charge in [0, 0.05) is 30.2 Å². The lowest BCUT2D eigenvalue weighted by Crippen LogP contribution is -2.22. The molecule has 3 rings (SSSR count). The summed E-state index contributed by atoms with van der Waals surface area (Å²) in [4.78, 5) is 14.2. The highest BCUT2D eigenvalue weighted by Gasteiger charge is 2.11. The number of nitrogens with zero attached hydrogens (tertiary/aromatic N) is 1. The van der Waals surface area contributed by atoms with Crippen molar-refractivity contribution in [1.82, 2.24) is 0 Å². The molecule has 1 aliphatic heterocycles. The van der Waals surface area contributed by atoms with Gasteiger partial charge in [0.05, 0.1) is 6.54 Å². The van der Waals surface area contributed by atoms with Gasteiger partial charge in [-0.25, -0.2) is 4.39 Å². The molecule has 0 unspecified atom stereocenters. The van der Waals surface area contributed by atoms with Gasteiger partial charge < -0.3 is 15.5 Å². The van der Waals surface area contributed by atoms with Crippen molar-refractivity contribution in [2.75, 3.05) is 35.2 Å². The largest absolute Gasteiger partial charge is 0.376 e. The molecule has 2 aromatic carbocycles. The number of nitrogens with one attached hydrogen (secondary N) is 2. The zero-order valence-electron chi connectivity index (χ0n) is 12.9. The van der Waals surface area contributed by atoms with E-state index >= 15 is 0 Å². The molecule has 120 valence electrons. The first-order valence-electron chi connectivity index (χ1n) is 7.85. The number of halogens is 1. The Kier molecular flexibility index (Phi) is 4.76. The van der Waals surface area contributed by atoms with Crippen molar-refractivity contribution in [3.8, 4) is 0 Å². The second-order valence-corrected chi connectivity index (χ2v) is 5.65. The van der Waals surface area contributed by atoms with Gasteiger partial charge in [-0.15, -0.1) is 0 Å². The first kappa shape index (κ1) is 15.3. The molecular weight excluding hydrogens is 293 g/mol. The van der Waals surface area contributed by atoms with Gasteiger partial charge in [0.2, 0.25) is 5.91 Å². The predicted molar refractivity (Wildman–Crippen MR) is 91.4 cm³/mol. The molecule has 0 saturated carbocycles. The van der Waals surface area contributed by atoms with Crippen LogP contribution in [0.4, 0.5) is 21.5 Å². The van der Waals surface area contributed by atoms with Crippen LogP contribution in [-0.2, 0) is 4.79 Å². The Bertz CT molecular complexity index is 649. The summed E-state index contributed by atoms with van der Waals surface area (Å²) in [5.74, 6) is -0.487. The molecule has 1 fully saturated rings. The van der Waals surface area contributed by atoms with Gasteiger partial charge >= 0.3 is 0 Å². The third-order valence-electron chi connectivity index (χ3n) is 3.92. The van der Waals surface area contributed by atoms with E-state index in [0.717, 1.165) is 18.8 Å². The highest BCUT2D eigenvalue weighted by Crippen LogP contribution is 2.21. The highest BCUT2D eigenvalue weighted by molar-refractivity contribution is 5.93. The third-order valence-corrected chi connectivity index (χ3v) is 3.92. The van der Waals surface area contributed by atoms with Crippen molar-refractivity contribution in [2.45, 2.75) is 12.8 Å². The number of benzene rings is 2. The Morgan fingerprint density at radius 3 is 2.22 bits per heavy atom. The summed E-state index contributed by atoms with van der Waals surface area (Å²) >= 11 is 0. The standard InChI is InChI=1S/C18H20FN3O/c19-14-3-5-16(6-4-14)21-18(23)13-20-15-7-9-17(10-8-15)22-11-1-2-12-22/h3-10,20H,1-2,11-13H2,(H,21,23). The summed E-state index contributed by atoms with van der Waals surface area (Å²) in [6.07, 6.45) is 2.51. The maximum Gasteiger partial charge on any atom is 0.243 e. The highest BCUT2D eigenvalue weighted by atomic mass is 19.1. The topological polar surface area (TPSA) is 44.4 Å². The van der Waals surface area contributed by atoms with Gasteiger partial charge in [-0.2, -0.15) is 0 Å². The van der Waals surface area contributed by atoms with Gasteiger partial charge in [0.15, 0.2) is 0 Å². The van der Waals surface area contributed by atoms with Crippen molar-refractivity contribution in [3.63, 3.8) is 0 Å². The van der Waals surface area contributed by atoms with Crippen molar-refractivity contribution in [2.24, 2.45) is 0 Å². The smallest absolute Gasteiger partial charge is 0.243 e. The van der Waals surface area contributed by atoms with Crippen LogP contribution in [0.1, 0.15) is 12.8 Å². The molecule has 1 aliphatic rings. The molecule has 23 heavy (non-hydrogen) atoms. The molecule has 1 saturated heterocycles. The zero-order chi connectivity index (χ0) is 16.1. The maximum absolute atomic E-state index is 12.8. The number of anilines is 3. The lowest BCUT2D eigenvalue weighted by Gasteiger charge is -2.18. The number of amides is 1. The first-order valence-corrected chi connectivity index (χ1v) is 7.85. The molecule has 4 nitrogen and oxygen atoms in total. The molecule has 0 aliphatic carbocycles. The Balaban J connectivity index is 1.49. The molecule has 0 bridgehead atoms.